The molecule has 0 radical (unpaired) electrons. The fourth-order valence-corrected chi connectivity index (χ4v) is 1.36. The lowest BCUT2D eigenvalue weighted by Gasteiger charge is -1.97. The molecular formula is C10H8ClNO2. The second-order valence-corrected chi connectivity index (χ2v) is 3.39. The topological polar surface area (TPSA) is 38.7 Å². The zero-order chi connectivity index (χ0) is 9.97. The molecule has 0 bridgehead atoms. The standard InChI is InChI=1S/C10H8ClNO2/c11-8-3-1-7(2-4-8)10(13)9-5-6-14-12-9/h1-4H,5-6H2. The van der Waals surface area contributed by atoms with Gasteiger partial charge >= 0.3 is 0 Å². The van der Waals surface area contributed by atoms with Gasteiger partial charge in [-0.3, -0.25) is 4.79 Å². The Kier molecular flexibility index (Phi) is 2.50. The molecule has 1 heterocycles. The highest BCUT2D eigenvalue weighted by atomic mass is 35.5. The highest BCUT2D eigenvalue weighted by Gasteiger charge is 2.18. The normalized spacial score (nSPS) is 14.8. The predicted molar refractivity (Wildman–Crippen MR) is 53.8 cm³/mol. The number of oxime groups is 1. The fraction of sp³-hybridized carbons (Fsp3) is 0.200. The van der Waals surface area contributed by atoms with E-state index in [1.807, 2.05) is 0 Å². The molecule has 0 aromatic heterocycles. The van der Waals surface area contributed by atoms with Crippen LogP contribution in [0.4, 0.5) is 0 Å². The highest BCUT2D eigenvalue weighted by molar-refractivity contribution is 6.46. The Hall–Kier alpha value is -1.35. The number of benzene rings is 1. The Morgan fingerprint density at radius 3 is 2.64 bits per heavy atom. The van der Waals surface area contributed by atoms with Crippen LogP contribution in [0.1, 0.15) is 16.8 Å². The van der Waals surface area contributed by atoms with Crippen molar-refractivity contribution in [3.05, 3.63) is 34.9 Å². The molecular weight excluding hydrogens is 202 g/mol. The fourth-order valence-electron chi connectivity index (χ4n) is 1.23. The Labute approximate surface area is 86.3 Å². The van der Waals surface area contributed by atoms with E-state index >= 15 is 0 Å². The van der Waals surface area contributed by atoms with E-state index in [1.165, 1.54) is 0 Å². The highest BCUT2D eigenvalue weighted by Crippen LogP contribution is 2.12. The lowest BCUT2D eigenvalue weighted by atomic mass is 10.1. The van der Waals surface area contributed by atoms with Crippen LogP contribution in [0.5, 0.6) is 0 Å². The van der Waals surface area contributed by atoms with E-state index in [0.717, 1.165) is 0 Å². The molecule has 0 N–H and O–H groups in total. The second-order valence-electron chi connectivity index (χ2n) is 2.96. The Morgan fingerprint density at radius 1 is 1.36 bits per heavy atom. The van der Waals surface area contributed by atoms with E-state index in [1.54, 1.807) is 24.3 Å². The number of rotatable bonds is 2. The molecule has 0 atom stereocenters. The van der Waals surface area contributed by atoms with Crippen molar-refractivity contribution in [2.24, 2.45) is 5.16 Å². The van der Waals surface area contributed by atoms with Gasteiger partial charge in [0.05, 0.1) is 0 Å². The lowest BCUT2D eigenvalue weighted by molar-refractivity contribution is 0.106. The summed E-state index contributed by atoms with van der Waals surface area (Å²) in [5.74, 6) is -0.0841. The number of ketones is 1. The maximum atomic E-state index is 11.7. The summed E-state index contributed by atoms with van der Waals surface area (Å²) in [7, 11) is 0. The summed E-state index contributed by atoms with van der Waals surface area (Å²) >= 11 is 5.71. The third-order valence-electron chi connectivity index (χ3n) is 1.97. The van der Waals surface area contributed by atoms with Gasteiger partial charge in [0.15, 0.2) is 0 Å². The van der Waals surface area contributed by atoms with E-state index < -0.39 is 0 Å². The van der Waals surface area contributed by atoms with Crippen LogP contribution >= 0.6 is 11.6 Å². The molecule has 0 saturated carbocycles. The Bertz CT molecular complexity index is 384. The van der Waals surface area contributed by atoms with Gasteiger partial charge in [-0.2, -0.15) is 0 Å². The molecule has 3 nitrogen and oxygen atoms in total. The molecule has 4 heteroatoms. The van der Waals surface area contributed by atoms with Crippen molar-refractivity contribution >= 4 is 23.1 Å². The van der Waals surface area contributed by atoms with Gasteiger partial charge in [-0.15, -0.1) is 0 Å². The number of hydrogen-bond donors (Lipinski definition) is 0. The molecule has 0 aliphatic carbocycles. The van der Waals surface area contributed by atoms with Crippen LogP contribution in [0, 0.1) is 0 Å². The van der Waals surface area contributed by atoms with Gasteiger partial charge < -0.3 is 4.84 Å². The summed E-state index contributed by atoms with van der Waals surface area (Å²) in [4.78, 5) is 16.5. The minimum Gasteiger partial charge on any atom is -0.395 e. The molecule has 14 heavy (non-hydrogen) atoms. The third-order valence-corrected chi connectivity index (χ3v) is 2.23. The first kappa shape index (κ1) is 9.21. The first-order chi connectivity index (χ1) is 6.77. The van der Waals surface area contributed by atoms with Gasteiger partial charge in [0, 0.05) is 17.0 Å². The SMILES string of the molecule is O=C(C1=NOCC1)c1ccc(Cl)cc1. The molecule has 72 valence electrons. The summed E-state index contributed by atoms with van der Waals surface area (Å²) in [6, 6.07) is 6.74. The minimum atomic E-state index is -0.0841. The minimum absolute atomic E-state index is 0.0841. The van der Waals surface area contributed by atoms with Gasteiger partial charge in [0.25, 0.3) is 0 Å². The zero-order valence-electron chi connectivity index (χ0n) is 7.37. The molecule has 0 spiro atoms. The number of Topliss-reactive ketones (excluding diaryl/α,β-unsaturated/α-hetero) is 1. The molecule has 1 aliphatic heterocycles. The summed E-state index contributed by atoms with van der Waals surface area (Å²) in [5.41, 5.74) is 1.07. The summed E-state index contributed by atoms with van der Waals surface area (Å²) in [5, 5.41) is 4.29. The summed E-state index contributed by atoms with van der Waals surface area (Å²) < 4.78 is 0. The van der Waals surface area contributed by atoms with Crippen molar-refractivity contribution in [1.82, 2.24) is 0 Å². The van der Waals surface area contributed by atoms with Crippen LogP contribution in [0.2, 0.25) is 5.02 Å². The van der Waals surface area contributed by atoms with Gasteiger partial charge in [0.1, 0.15) is 12.3 Å². The largest absolute Gasteiger partial charge is 0.395 e. The molecule has 0 unspecified atom stereocenters. The summed E-state index contributed by atoms with van der Waals surface area (Å²) in [6.07, 6.45) is 0.585. The van der Waals surface area contributed by atoms with Crippen molar-refractivity contribution in [3.63, 3.8) is 0 Å². The molecule has 1 aromatic carbocycles. The van der Waals surface area contributed by atoms with Gasteiger partial charge in [-0.1, -0.05) is 16.8 Å². The Balaban J connectivity index is 2.22. The predicted octanol–water partition coefficient (Wildman–Crippen LogP) is 2.30. The van der Waals surface area contributed by atoms with Crippen LogP contribution in [-0.4, -0.2) is 18.1 Å². The number of hydrogen-bond acceptors (Lipinski definition) is 3. The number of carbonyl (C=O) groups is 1. The first-order valence-electron chi connectivity index (χ1n) is 4.26. The second kappa shape index (κ2) is 3.80. The van der Waals surface area contributed by atoms with E-state index in [-0.39, 0.29) is 5.78 Å². The summed E-state index contributed by atoms with van der Waals surface area (Å²) in [6.45, 7) is 0.495. The average Bonchev–Trinajstić information content (AvgIpc) is 2.71. The zero-order valence-corrected chi connectivity index (χ0v) is 8.12. The van der Waals surface area contributed by atoms with Crippen LogP contribution in [0.25, 0.3) is 0 Å². The number of carbonyl (C=O) groups excluding carboxylic acids is 1. The lowest BCUT2D eigenvalue weighted by Crippen LogP contribution is -2.11. The van der Waals surface area contributed by atoms with Gasteiger partial charge in [-0.25, -0.2) is 0 Å². The average molecular weight is 210 g/mol. The van der Waals surface area contributed by atoms with Crippen molar-refractivity contribution in [1.29, 1.82) is 0 Å². The van der Waals surface area contributed by atoms with Crippen LogP contribution in [0.15, 0.2) is 29.4 Å². The van der Waals surface area contributed by atoms with Crippen LogP contribution < -0.4 is 0 Å². The smallest absolute Gasteiger partial charge is 0.210 e. The van der Waals surface area contributed by atoms with Crippen LogP contribution in [-0.2, 0) is 4.84 Å². The van der Waals surface area contributed by atoms with E-state index in [2.05, 4.69) is 5.16 Å². The first-order valence-corrected chi connectivity index (χ1v) is 4.64. The molecule has 1 aliphatic rings. The number of nitrogens with zero attached hydrogens (tertiary/aromatic N) is 1. The van der Waals surface area contributed by atoms with Crippen LogP contribution in [0.3, 0.4) is 0 Å². The maximum Gasteiger partial charge on any atom is 0.210 e. The van der Waals surface area contributed by atoms with Gasteiger partial charge in [0.2, 0.25) is 5.78 Å². The van der Waals surface area contributed by atoms with Gasteiger partial charge in [-0.05, 0) is 24.3 Å². The monoisotopic (exact) mass is 209 g/mol. The van der Waals surface area contributed by atoms with Crippen molar-refractivity contribution in [3.8, 4) is 0 Å². The number of halogens is 1. The van der Waals surface area contributed by atoms with Crippen molar-refractivity contribution in [2.75, 3.05) is 6.61 Å². The quantitative estimate of drug-likeness (QED) is 0.701. The van der Waals surface area contributed by atoms with Crippen molar-refractivity contribution < 1.29 is 9.63 Å². The Morgan fingerprint density at radius 2 is 2.07 bits per heavy atom. The van der Waals surface area contributed by atoms with E-state index in [0.29, 0.717) is 29.3 Å². The van der Waals surface area contributed by atoms with E-state index in [9.17, 15) is 4.79 Å². The van der Waals surface area contributed by atoms with Crippen molar-refractivity contribution in [2.45, 2.75) is 6.42 Å². The molecule has 2 rings (SSSR count). The molecule has 1 aromatic rings. The third kappa shape index (κ3) is 1.77. The molecule has 0 fully saturated rings. The maximum absolute atomic E-state index is 11.7. The van der Waals surface area contributed by atoms with E-state index in [4.69, 9.17) is 16.4 Å². The molecule has 0 amide bonds. The molecule has 0 saturated heterocycles.